The van der Waals surface area contributed by atoms with Crippen LogP contribution in [-0.2, 0) is 14.3 Å². The van der Waals surface area contributed by atoms with Crippen molar-refractivity contribution < 1.29 is 19.5 Å². The highest BCUT2D eigenvalue weighted by atomic mass is 32.2. The first-order valence-electron chi connectivity index (χ1n) is 11.0. The largest absolute Gasteiger partial charge is 0.378 e. The summed E-state index contributed by atoms with van der Waals surface area (Å²) in [5.74, 6) is 3.34. The van der Waals surface area contributed by atoms with Gasteiger partial charge in [0, 0.05) is 19.4 Å². The van der Waals surface area contributed by atoms with Crippen molar-refractivity contribution in [2.75, 3.05) is 25.2 Å². The molecule has 156 valence electrons. The summed E-state index contributed by atoms with van der Waals surface area (Å²) in [6.45, 7) is 0.901. The lowest BCUT2D eigenvalue weighted by Gasteiger charge is -2.30. The molecule has 5 nitrogen and oxygen atoms in total. The Bertz CT molecular complexity index is 455. The highest BCUT2D eigenvalue weighted by Crippen LogP contribution is 2.45. The Labute approximate surface area is 168 Å². The van der Waals surface area contributed by atoms with E-state index in [9.17, 15) is 4.79 Å². The number of nitrogens with zero attached hydrogens (tertiary/aromatic N) is 1. The Hall–Kier alpha value is -0.300. The average Bonchev–Trinajstić information content (AvgIpc) is 3.28. The van der Waals surface area contributed by atoms with E-state index < -0.39 is 0 Å². The molecule has 0 radical (unpaired) electrons. The van der Waals surface area contributed by atoms with Crippen LogP contribution in [0.2, 0.25) is 0 Å². The second kappa shape index (κ2) is 11.0. The molecule has 0 aromatic rings. The molecule has 6 heteroatoms. The van der Waals surface area contributed by atoms with E-state index in [1.54, 1.807) is 0 Å². The average molecular weight is 400 g/mol. The third-order valence-electron chi connectivity index (χ3n) is 6.55. The zero-order chi connectivity index (χ0) is 19.1. The molecule has 1 aliphatic carbocycles. The van der Waals surface area contributed by atoms with E-state index in [0.717, 1.165) is 25.2 Å². The highest BCUT2D eigenvalue weighted by Gasteiger charge is 2.48. The zero-order valence-electron chi connectivity index (χ0n) is 16.8. The van der Waals surface area contributed by atoms with Crippen LogP contribution < -0.4 is 0 Å². The van der Waals surface area contributed by atoms with Gasteiger partial charge >= 0.3 is 0 Å². The summed E-state index contributed by atoms with van der Waals surface area (Å²) in [5, 5.41) is 9.74. The topological polar surface area (TPSA) is 59.0 Å². The molecule has 1 saturated carbocycles. The lowest BCUT2D eigenvalue weighted by atomic mass is 9.78. The van der Waals surface area contributed by atoms with Gasteiger partial charge in [-0.2, -0.15) is 11.8 Å². The van der Waals surface area contributed by atoms with Gasteiger partial charge in [0.25, 0.3) is 0 Å². The van der Waals surface area contributed by atoms with Crippen LogP contribution in [0.4, 0.5) is 0 Å². The van der Waals surface area contributed by atoms with Crippen LogP contribution in [0.25, 0.3) is 0 Å². The molecule has 27 heavy (non-hydrogen) atoms. The molecule has 1 N–H and O–H groups in total. The van der Waals surface area contributed by atoms with Crippen LogP contribution in [-0.4, -0.2) is 59.6 Å². The zero-order valence-corrected chi connectivity index (χ0v) is 17.6. The van der Waals surface area contributed by atoms with E-state index in [1.807, 2.05) is 11.8 Å². The van der Waals surface area contributed by atoms with Gasteiger partial charge in [-0.3, -0.25) is 10.0 Å². The highest BCUT2D eigenvalue weighted by molar-refractivity contribution is 7.99. The smallest absolute Gasteiger partial charge is 0.245 e. The maximum atomic E-state index is 11.3. The number of rotatable bonds is 11. The molecule has 0 aromatic heterocycles. The molecule has 1 amide bonds. The Morgan fingerprint density at radius 1 is 1.07 bits per heavy atom. The van der Waals surface area contributed by atoms with Gasteiger partial charge in [-0.05, 0) is 62.4 Å². The quantitative estimate of drug-likeness (QED) is 0.319. The van der Waals surface area contributed by atoms with Crippen LogP contribution in [0.5, 0.6) is 0 Å². The summed E-state index contributed by atoms with van der Waals surface area (Å²) in [4.78, 5) is 11.3. The molecule has 3 fully saturated rings. The van der Waals surface area contributed by atoms with Crippen LogP contribution >= 0.6 is 11.8 Å². The fourth-order valence-electron chi connectivity index (χ4n) is 4.94. The normalized spacial score (nSPS) is 30.7. The van der Waals surface area contributed by atoms with Crippen LogP contribution in [0.15, 0.2) is 0 Å². The number of carbonyl (C=O) groups is 1. The molecule has 3 rings (SSSR count). The Morgan fingerprint density at radius 2 is 1.81 bits per heavy atom. The van der Waals surface area contributed by atoms with E-state index in [4.69, 9.17) is 14.7 Å². The summed E-state index contributed by atoms with van der Waals surface area (Å²) in [6, 6.07) is 0. The SMILES string of the molecule is CN(O)C(=O)CCCCSCC[C@@H]1[C@H](COC2CCCCC2)[C@@H]2CC[C@H]1O2. The lowest BCUT2D eigenvalue weighted by Crippen LogP contribution is -2.33. The fourth-order valence-corrected chi connectivity index (χ4v) is 6.00. The minimum atomic E-state index is -0.195. The van der Waals surface area contributed by atoms with E-state index in [2.05, 4.69) is 0 Å². The van der Waals surface area contributed by atoms with Gasteiger partial charge in [-0.1, -0.05) is 19.3 Å². The molecule has 2 heterocycles. The minimum absolute atomic E-state index is 0.195. The van der Waals surface area contributed by atoms with Crippen molar-refractivity contribution in [1.29, 1.82) is 0 Å². The van der Waals surface area contributed by atoms with Gasteiger partial charge in [-0.15, -0.1) is 0 Å². The summed E-state index contributed by atoms with van der Waals surface area (Å²) in [5.41, 5.74) is 0. The number of thioether (sulfide) groups is 1. The van der Waals surface area contributed by atoms with Gasteiger partial charge in [0.05, 0.1) is 24.9 Å². The van der Waals surface area contributed by atoms with Crippen LogP contribution in [0.3, 0.4) is 0 Å². The van der Waals surface area contributed by atoms with E-state index in [1.165, 1.54) is 64.2 Å². The molecule has 0 unspecified atom stereocenters. The van der Waals surface area contributed by atoms with Gasteiger partial charge in [0.1, 0.15) is 0 Å². The molecule has 2 aliphatic heterocycles. The van der Waals surface area contributed by atoms with Gasteiger partial charge in [-0.25, -0.2) is 5.06 Å². The summed E-state index contributed by atoms with van der Waals surface area (Å²) in [7, 11) is 1.39. The van der Waals surface area contributed by atoms with E-state index >= 15 is 0 Å². The van der Waals surface area contributed by atoms with E-state index in [0.29, 0.717) is 41.6 Å². The standard InChI is InChI=1S/C21H37NO4S/c1-22(24)21(23)9-5-6-13-27-14-12-17-18(20-11-10-19(17)26-20)15-25-16-7-3-2-4-8-16/h16-20,24H,2-15H2,1H3/t17-,18+,19-,20+/m1/s1. The monoisotopic (exact) mass is 399 g/mol. The van der Waals surface area contributed by atoms with Crippen molar-refractivity contribution in [3.05, 3.63) is 0 Å². The Kier molecular flexibility index (Phi) is 8.75. The molecule has 4 atom stereocenters. The Morgan fingerprint density at radius 3 is 2.56 bits per heavy atom. The van der Waals surface area contributed by atoms with Crippen molar-refractivity contribution in [3.8, 4) is 0 Å². The number of ether oxygens (including phenoxy) is 2. The van der Waals surface area contributed by atoms with Gasteiger partial charge in [0.15, 0.2) is 0 Å². The minimum Gasteiger partial charge on any atom is -0.378 e. The number of unbranched alkanes of at least 4 members (excludes halogenated alkanes) is 1. The predicted molar refractivity (Wildman–Crippen MR) is 108 cm³/mol. The van der Waals surface area contributed by atoms with Crippen molar-refractivity contribution in [1.82, 2.24) is 5.06 Å². The Balaban J connectivity index is 1.30. The van der Waals surface area contributed by atoms with Crippen molar-refractivity contribution >= 4 is 17.7 Å². The van der Waals surface area contributed by atoms with Crippen LogP contribution in [0.1, 0.15) is 70.6 Å². The number of hydroxylamine groups is 2. The first-order valence-corrected chi connectivity index (χ1v) is 12.1. The van der Waals surface area contributed by atoms with Crippen molar-refractivity contribution in [3.63, 3.8) is 0 Å². The maximum Gasteiger partial charge on any atom is 0.245 e. The number of fused-ring (bicyclic) bond motifs is 2. The molecule has 2 bridgehead atoms. The second-order valence-electron chi connectivity index (χ2n) is 8.49. The first kappa shape index (κ1) is 21.4. The van der Waals surface area contributed by atoms with Crippen LogP contribution in [0, 0.1) is 11.8 Å². The molecular weight excluding hydrogens is 362 g/mol. The second-order valence-corrected chi connectivity index (χ2v) is 9.71. The molecule has 0 spiro atoms. The fraction of sp³-hybridized carbons (Fsp3) is 0.952. The number of hydrogen-bond acceptors (Lipinski definition) is 5. The number of amides is 1. The van der Waals surface area contributed by atoms with Crippen molar-refractivity contribution in [2.24, 2.45) is 11.8 Å². The lowest BCUT2D eigenvalue weighted by molar-refractivity contribution is -0.159. The summed E-state index contributed by atoms with van der Waals surface area (Å²) < 4.78 is 12.5. The summed E-state index contributed by atoms with van der Waals surface area (Å²) >= 11 is 1.99. The van der Waals surface area contributed by atoms with E-state index in [-0.39, 0.29) is 5.91 Å². The molecule has 2 saturated heterocycles. The third-order valence-corrected chi connectivity index (χ3v) is 7.65. The predicted octanol–water partition coefficient (Wildman–Crippen LogP) is 4.27. The first-order chi connectivity index (χ1) is 13.1. The molecule has 0 aromatic carbocycles. The molecule has 3 aliphatic rings. The van der Waals surface area contributed by atoms with Gasteiger partial charge < -0.3 is 9.47 Å². The third kappa shape index (κ3) is 6.34. The van der Waals surface area contributed by atoms with Crippen molar-refractivity contribution in [2.45, 2.75) is 88.9 Å². The number of hydrogen-bond donors (Lipinski definition) is 1. The summed E-state index contributed by atoms with van der Waals surface area (Å²) in [6.07, 6.45) is 13.9. The molecular formula is C21H37NO4S. The number of carbonyl (C=O) groups excluding carboxylic acids is 1. The van der Waals surface area contributed by atoms with Gasteiger partial charge in [0.2, 0.25) is 5.91 Å². The maximum absolute atomic E-state index is 11.3.